The molecule has 5 heteroatoms. The van der Waals surface area contributed by atoms with Crippen LogP contribution in [0.2, 0.25) is 0 Å². The minimum atomic E-state index is -0.837. The molecule has 130 valence electrons. The molecule has 1 N–H and O–H groups in total. The number of aliphatic carboxylic acids is 1. The number of rotatable bonds is 3. The van der Waals surface area contributed by atoms with Gasteiger partial charge in [0.2, 0.25) is 5.91 Å². The zero-order chi connectivity index (χ0) is 17.2. The molecule has 0 spiro atoms. The average Bonchev–Trinajstić information content (AvgIpc) is 2.61. The molecule has 1 heterocycles. The molecule has 0 radical (unpaired) electrons. The van der Waals surface area contributed by atoms with E-state index in [0.717, 1.165) is 24.8 Å². The third-order valence-corrected chi connectivity index (χ3v) is 5.55. The van der Waals surface area contributed by atoms with Crippen molar-refractivity contribution in [3.05, 3.63) is 35.6 Å². The summed E-state index contributed by atoms with van der Waals surface area (Å²) >= 11 is 0. The molecule has 0 aromatic heterocycles. The van der Waals surface area contributed by atoms with E-state index in [9.17, 15) is 19.1 Å². The zero-order valence-electron chi connectivity index (χ0n) is 13.8. The molecule has 0 unspecified atom stereocenters. The molecular weight excluding hydrogens is 309 g/mol. The maximum atomic E-state index is 13.8. The van der Waals surface area contributed by atoms with Crippen LogP contribution in [0.1, 0.15) is 50.5 Å². The van der Waals surface area contributed by atoms with E-state index in [4.69, 9.17) is 0 Å². The highest BCUT2D eigenvalue weighted by Crippen LogP contribution is 2.42. The predicted octanol–water partition coefficient (Wildman–Crippen LogP) is 3.35. The largest absolute Gasteiger partial charge is 0.481 e. The smallest absolute Gasteiger partial charge is 0.308 e. The molecule has 1 aliphatic carbocycles. The average molecular weight is 333 g/mol. The number of amides is 1. The van der Waals surface area contributed by atoms with Crippen molar-refractivity contribution in [2.75, 3.05) is 13.1 Å². The predicted molar refractivity (Wildman–Crippen MR) is 88.1 cm³/mol. The summed E-state index contributed by atoms with van der Waals surface area (Å²) in [5.41, 5.74) is 0.0467. The minimum Gasteiger partial charge on any atom is -0.481 e. The van der Waals surface area contributed by atoms with Gasteiger partial charge in [0.05, 0.1) is 11.3 Å². The van der Waals surface area contributed by atoms with Gasteiger partial charge in [-0.15, -0.1) is 0 Å². The lowest BCUT2D eigenvalue weighted by molar-refractivity contribution is -0.148. The van der Waals surface area contributed by atoms with Crippen LogP contribution in [-0.4, -0.2) is 35.0 Å². The number of halogens is 1. The molecule has 2 fully saturated rings. The van der Waals surface area contributed by atoms with E-state index >= 15 is 0 Å². The second-order valence-electron chi connectivity index (χ2n) is 7.08. The van der Waals surface area contributed by atoms with Gasteiger partial charge < -0.3 is 10.0 Å². The maximum Gasteiger partial charge on any atom is 0.308 e. The SMILES string of the molecule is O=C(O)[C@H]1CCCN(C(=O)C2(c3cccc(F)c3)CCCCC2)C1. The highest BCUT2D eigenvalue weighted by molar-refractivity contribution is 5.89. The Balaban J connectivity index is 1.91. The van der Waals surface area contributed by atoms with Crippen molar-refractivity contribution < 1.29 is 19.1 Å². The highest BCUT2D eigenvalue weighted by atomic mass is 19.1. The molecule has 1 saturated carbocycles. The van der Waals surface area contributed by atoms with Crippen LogP contribution in [0.5, 0.6) is 0 Å². The van der Waals surface area contributed by atoms with E-state index < -0.39 is 17.3 Å². The van der Waals surface area contributed by atoms with Gasteiger partial charge in [-0.3, -0.25) is 9.59 Å². The quantitative estimate of drug-likeness (QED) is 0.923. The fourth-order valence-electron chi connectivity index (χ4n) is 4.23. The van der Waals surface area contributed by atoms with Crippen LogP contribution in [0.15, 0.2) is 24.3 Å². The van der Waals surface area contributed by atoms with Crippen LogP contribution in [0.4, 0.5) is 4.39 Å². The molecule has 1 aromatic rings. The topological polar surface area (TPSA) is 57.6 Å². The molecule has 0 bridgehead atoms. The molecule has 3 rings (SSSR count). The van der Waals surface area contributed by atoms with Crippen LogP contribution in [0, 0.1) is 11.7 Å². The van der Waals surface area contributed by atoms with Crippen molar-refractivity contribution in [2.24, 2.45) is 5.92 Å². The fraction of sp³-hybridized carbons (Fsp3) is 0.579. The Kier molecular flexibility index (Phi) is 4.88. The fourth-order valence-corrected chi connectivity index (χ4v) is 4.23. The molecule has 4 nitrogen and oxygen atoms in total. The Morgan fingerprint density at radius 3 is 2.58 bits per heavy atom. The van der Waals surface area contributed by atoms with Gasteiger partial charge in [-0.2, -0.15) is 0 Å². The van der Waals surface area contributed by atoms with Crippen molar-refractivity contribution >= 4 is 11.9 Å². The molecule has 1 aromatic carbocycles. The van der Waals surface area contributed by atoms with Gasteiger partial charge >= 0.3 is 5.97 Å². The summed E-state index contributed by atoms with van der Waals surface area (Å²) in [6, 6.07) is 6.36. The summed E-state index contributed by atoms with van der Waals surface area (Å²) in [5.74, 6) is -1.67. The molecule has 1 saturated heterocycles. The highest BCUT2D eigenvalue weighted by Gasteiger charge is 2.45. The van der Waals surface area contributed by atoms with Crippen molar-refractivity contribution in [1.82, 2.24) is 4.90 Å². The van der Waals surface area contributed by atoms with Crippen LogP contribution in [0.3, 0.4) is 0 Å². The summed E-state index contributed by atoms with van der Waals surface area (Å²) in [7, 11) is 0. The van der Waals surface area contributed by atoms with Crippen molar-refractivity contribution in [1.29, 1.82) is 0 Å². The van der Waals surface area contributed by atoms with Gasteiger partial charge in [-0.05, 0) is 43.4 Å². The molecule has 1 amide bonds. The van der Waals surface area contributed by atoms with Crippen molar-refractivity contribution in [2.45, 2.75) is 50.4 Å². The van der Waals surface area contributed by atoms with E-state index in [-0.39, 0.29) is 18.3 Å². The normalized spacial score (nSPS) is 23.7. The number of carboxylic acid groups (broad SMARTS) is 1. The van der Waals surface area contributed by atoms with Gasteiger partial charge in [-0.1, -0.05) is 31.4 Å². The van der Waals surface area contributed by atoms with Crippen LogP contribution >= 0.6 is 0 Å². The van der Waals surface area contributed by atoms with Crippen molar-refractivity contribution in [3.8, 4) is 0 Å². The van der Waals surface area contributed by atoms with E-state index in [0.29, 0.717) is 32.2 Å². The summed E-state index contributed by atoms with van der Waals surface area (Å²) in [4.78, 5) is 26.4. The lowest BCUT2D eigenvalue weighted by Crippen LogP contribution is -2.52. The first-order valence-corrected chi connectivity index (χ1v) is 8.81. The number of nitrogens with zero attached hydrogens (tertiary/aromatic N) is 1. The minimum absolute atomic E-state index is 0.0150. The molecule has 1 aliphatic heterocycles. The Morgan fingerprint density at radius 2 is 1.92 bits per heavy atom. The Morgan fingerprint density at radius 1 is 1.17 bits per heavy atom. The first kappa shape index (κ1) is 16.9. The maximum absolute atomic E-state index is 13.8. The van der Waals surface area contributed by atoms with Gasteiger partial charge in [-0.25, -0.2) is 4.39 Å². The standard InChI is InChI=1S/C19H24FNO3/c20-16-8-4-7-15(12-16)19(9-2-1-3-10-19)18(24)21-11-5-6-14(13-21)17(22)23/h4,7-8,12,14H,1-3,5-6,9-11,13H2,(H,22,23)/t14-/m0/s1. The summed E-state index contributed by atoms with van der Waals surface area (Å²) in [6.07, 6.45) is 5.72. The summed E-state index contributed by atoms with van der Waals surface area (Å²) < 4.78 is 13.8. The number of benzene rings is 1. The number of carbonyl (C=O) groups is 2. The van der Waals surface area contributed by atoms with E-state index in [1.54, 1.807) is 11.0 Å². The lowest BCUT2D eigenvalue weighted by atomic mass is 9.68. The van der Waals surface area contributed by atoms with Crippen LogP contribution in [0.25, 0.3) is 0 Å². The first-order chi connectivity index (χ1) is 11.5. The van der Waals surface area contributed by atoms with Gasteiger partial charge in [0.25, 0.3) is 0 Å². The number of hydrogen-bond donors (Lipinski definition) is 1. The number of hydrogen-bond acceptors (Lipinski definition) is 2. The van der Waals surface area contributed by atoms with Crippen LogP contribution < -0.4 is 0 Å². The molecule has 1 atom stereocenters. The lowest BCUT2D eigenvalue weighted by Gasteiger charge is -2.42. The number of carbonyl (C=O) groups excluding carboxylic acids is 1. The van der Waals surface area contributed by atoms with Gasteiger partial charge in [0, 0.05) is 13.1 Å². The van der Waals surface area contributed by atoms with E-state index in [1.165, 1.54) is 12.1 Å². The van der Waals surface area contributed by atoms with Crippen molar-refractivity contribution in [3.63, 3.8) is 0 Å². The monoisotopic (exact) mass is 333 g/mol. The number of likely N-dealkylation sites (tertiary alicyclic amines) is 1. The summed E-state index contributed by atoms with van der Waals surface area (Å²) in [6.45, 7) is 0.866. The molecule has 24 heavy (non-hydrogen) atoms. The Bertz CT molecular complexity index is 625. The molecular formula is C19H24FNO3. The third kappa shape index (κ3) is 3.17. The Labute approximate surface area is 141 Å². The zero-order valence-corrected chi connectivity index (χ0v) is 13.8. The summed E-state index contributed by atoms with van der Waals surface area (Å²) in [5, 5.41) is 9.28. The van der Waals surface area contributed by atoms with Crippen LogP contribution in [-0.2, 0) is 15.0 Å². The number of piperidine rings is 1. The first-order valence-electron chi connectivity index (χ1n) is 8.81. The second kappa shape index (κ2) is 6.91. The second-order valence-corrected chi connectivity index (χ2v) is 7.08. The molecule has 2 aliphatic rings. The number of carboxylic acids is 1. The van der Waals surface area contributed by atoms with Gasteiger partial charge in [0.15, 0.2) is 0 Å². The van der Waals surface area contributed by atoms with E-state index in [1.807, 2.05) is 6.07 Å². The third-order valence-electron chi connectivity index (χ3n) is 5.55. The van der Waals surface area contributed by atoms with Gasteiger partial charge in [0.1, 0.15) is 5.82 Å². The van der Waals surface area contributed by atoms with E-state index in [2.05, 4.69) is 0 Å². The Hall–Kier alpha value is -1.91.